The van der Waals surface area contributed by atoms with Crippen LogP contribution < -0.4 is 10.0 Å². The van der Waals surface area contributed by atoms with Gasteiger partial charge in [-0.15, -0.1) is 11.3 Å². The molecule has 0 saturated heterocycles. The minimum Gasteiger partial charge on any atom is -0.321 e. The summed E-state index contributed by atoms with van der Waals surface area (Å²) in [6.45, 7) is 0. The molecule has 0 fully saturated rings. The molecule has 128 valence electrons. The van der Waals surface area contributed by atoms with Crippen LogP contribution in [0.5, 0.6) is 0 Å². The van der Waals surface area contributed by atoms with Crippen LogP contribution in [0, 0.1) is 5.82 Å². The van der Waals surface area contributed by atoms with Crippen LogP contribution in [0.4, 0.5) is 15.2 Å². The summed E-state index contributed by atoms with van der Waals surface area (Å²) in [7, 11) is -3.76. The molecular weight excluding hydrogens is 365 g/mol. The van der Waals surface area contributed by atoms with Crippen molar-refractivity contribution in [3.05, 3.63) is 71.5 Å². The van der Waals surface area contributed by atoms with Crippen LogP contribution >= 0.6 is 11.3 Å². The predicted molar refractivity (Wildman–Crippen MR) is 93.7 cm³/mol. The van der Waals surface area contributed by atoms with Gasteiger partial charge in [0.05, 0.1) is 4.90 Å². The van der Waals surface area contributed by atoms with Crippen molar-refractivity contribution in [2.45, 2.75) is 4.90 Å². The monoisotopic (exact) mass is 377 g/mol. The highest BCUT2D eigenvalue weighted by atomic mass is 32.2. The van der Waals surface area contributed by atoms with Gasteiger partial charge < -0.3 is 5.32 Å². The van der Waals surface area contributed by atoms with Gasteiger partial charge in [0.25, 0.3) is 15.9 Å². The second kappa shape index (κ2) is 6.99. The highest BCUT2D eigenvalue weighted by Gasteiger charge is 2.17. The molecule has 25 heavy (non-hydrogen) atoms. The van der Waals surface area contributed by atoms with Crippen molar-refractivity contribution in [1.29, 1.82) is 0 Å². The van der Waals surface area contributed by atoms with E-state index in [1.54, 1.807) is 18.2 Å². The molecule has 0 unspecified atom stereocenters. The van der Waals surface area contributed by atoms with E-state index in [1.165, 1.54) is 41.8 Å². The molecule has 6 nitrogen and oxygen atoms in total. The van der Waals surface area contributed by atoms with Gasteiger partial charge in [-0.2, -0.15) is 0 Å². The lowest BCUT2D eigenvalue weighted by atomic mass is 10.3. The standard InChI is InChI=1S/C16H12FN3O3S2/c17-11-6-8-12(9-7-11)18-15(21)14-10-24-16(19-14)20-25(22,23)13-4-2-1-3-5-13/h1-10H,(H,18,21)(H,19,20). The lowest BCUT2D eigenvalue weighted by Gasteiger charge is -2.04. The zero-order valence-electron chi connectivity index (χ0n) is 12.6. The first-order valence-corrected chi connectivity index (χ1v) is 9.41. The van der Waals surface area contributed by atoms with Crippen molar-refractivity contribution in [3.8, 4) is 0 Å². The molecule has 0 spiro atoms. The van der Waals surface area contributed by atoms with Crippen molar-refractivity contribution >= 4 is 38.1 Å². The van der Waals surface area contributed by atoms with E-state index in [0.29, 0.717) is 5.69 Å². The van der Waals surface area contributed by atoms with Crippen molar-refractivity contribution < 1.29 is 17.6 Å². The molecule has 0 bridgehead atoms. The maximum absolute atomic E-state index is 12.9. The summed E-state index contributed by atoms with van der Waals surface area (Å²) in [4.78, 5) is 16.2. The van der Waals surface area contributed by atoms with Gasteiger partial charge in [-0.25, -0.2) is 17.8 Å². The Balaban J connectivity index is 1.72. The fourth-order valence-electron chi connectivity index (χ4n) is 1.93. The van der Waals surface area contributed by atoms with Gasteiger partial charge in [0.1, 0.15) is 11.5 Å². The molecular formula is C16H12FN3O3S2. The van der Waals surface area contributed by atoms with E-state index < -0.39 is 21.7 Å². The number of amides is 1. The van der Waals surface area contributed by atoms with Crippen LogP contribution in [0.3, 0.4) is 0 Å². The van der Waals surface area contributed by atoms with E-state index in [4.69, 9.17) is 0 Å². The molecule has 0 radical (unpaired) electrons. The Hall–Kier alpha value is -2.78. The van der Waals surface area contributed by atoms with Crippen LogP contribution in [-0.2, 0) is 10.0 Å². The number of sulfonamides is 1. The second-order valence-electron chi connectivity index (χ2n) is 4.92. The molecule has 0 saturated carbocycles. The number of aromatic nitrogens is 1. The van der Waals surface area contributed by atoms with Gasteiger partial charge in [-0.1, -0.05) is 18.2 Å². The SMILES string of the molecule is O=C(Nc1ccc(F)cc1)c1csc(NS(=O)(=O)c2ccccc2)n1. The Bertz CT molecular complexity index is 987. The summed E-state index contributed by atoms with van der Waals surface area (Å²) in [6, 6.07) is 13.1. The topological polar surface area (TPSA) is 88.2 Å². The minimum absolute atomic E-state index is 0.0556. The molecule has 2 aromatic carbocycles. The van der Waals surface area contributed by atoms with E-state index in [2.05, 4.69) is 15.0 Å². The quantitative estimate of drug-likeness (QED) is 0.714. The third-order valence-electron chi connectivity index (χ3n) is 3.11. The molecule has 1 heterocycles. The molecule has 3 aromatic rings. The fourth-order valence-corrected chi connectivity index (χ4v) is 3.89. The van der Waals surface area contributed by atoms with Crippen molar-refractivity contribution in [1.82, 2.24) is 4.98 Å². The molecule has 2 N–H and O–H groups in total. The average molecular weight is 377 g/mol. The predicted octanol–water partition coefficient (Wildman–Crippen LogP) is 3.34. The third kappa shape index (κ3) is 4.20. The molecule has 0 aliphatic carbocycles. The number of halogens is 1. The van der Waals surface area contributed by atoms with Crippen LogP contribution in [-0.4, -0.2) is 19.3 Å². The zero-order chi connectivity index (χ0) is 17.9. The minimum atomic E-state index is -3.76. The maximum Gasteiger partial charge on any atom is 0.275 e. The van der Waals surface area contributed by atoms with Gasteiger partial charge in [0, 0.05) is 11.1 Å². The molecule has 0 aliphatic heterocycles. The number of anilines is 2. The summed E-state index contributed by atoms with van der Waals surface area (Å²) in [5, 5.41) is 4.06. The Kier molecular flexibility index (Phi) is 4.77. The largest absolute Gasteiger partial charge is 0.321 e. The maximum atomic E-state index is 12.9. The van der Waals surface area contributed by atoms with E-state index >= 15 is 0 Å². The van der Waals surface area contributed by atoms with Crippen LogP contribution in [0.1, 0.15) is 10.5 Å². The first-order valence-electron chi connectivity index (χ1n) is 7.04. The third-order valence-corrected chi connectivity index (χ3v) is 5.36. The molecule has 0 aliphatic rings. The summed E-state index contributed by atoms with van der Waals surface area (Å²) in [6.07, 6.45) is 0. The Morgan fingerprint density at radius 1 is 1.04 bits per heavy atom. The van der Waals surface area contributed by atoms with Crippen LogP contribution in [0.25, 0.3) is 0 Å². The highest BCUT2D eigenvalue weighted by molar-refractivity contribution is 7.93. The summed E-state index contributed by atoms with van der Waals surface area (Å²) < 4.78 is 39.6. The number of nitrogens with one attached hydrogen (secondary N) is 2. The number of hydrogen-bond acceptors (Lipinski definition) is 5. The fraction of sp³-hybridized carbons (Fsp3) is 0. The van der Waals surface area contributed by atoms with Crippen molar-refractivity contribution in [3.63, 3.8) is 0 Å². The van der Waals surface area contributed by atoms with Crippen molar-refractivity contribution in [2.24, 2.45) is 0 Å². The summed E-state index contributed by atoms with van der Waals surface area (Å²) in [5.41, 5.74) is 0.464. The van der Waals surface area contributed by atoms with Crippen molar-refractivity contribution in [2.75, 3.05) is 10.0 Å². The normalized spacial score (nSPS) is 11.1. The molecule has 0 atom stereocenters. The number of carbonyl (C=O) groups excluding carboxylic acids is 1. The summed E-state index contributed by atoms with van der Waals surface area (Å²) in [5.74, 6) is -0.933. The zero-order valence-corrected chi connectivity index (χ0v) is 14.3. The lowest BCUT2D eigenvalue weighted by Crippen LogP contribution is -2.14. The summed E-state index contributed by atoms with van der Waals surface area (Å²) >= 11 is 0.990. The van der Waals surface area contributed by atoms with Gasteiger partial charge in [0.15, 0.2) is 5.13 Å². The smallest absolute Gasteiger partial charge is 0.275 e. The van der Waals surface area contributed by atoms with Gasteiger partial charge in [-0.05, 0) is 36.4 Å². The second-order valence-corrected chi connectivity index (χ2v) is 7.46. The van der Waals surface area contributed by atoms with E-state index in [9.17, 15) is 17.6 Å². The molecule has 1 amide bonds. The molecule has 1 aromatic heterocycles. The number of benzene rings is 2. The Morgan fingerprint density at radius 3 is 2.40 bits per heavy atom. The number of hydrogen-bond donors (Lipinski definition) is 2. The highest BCUT2D eigenvalue weighted by Crippen LogP contribution is 2.21. The van der Waals surface area contributed by atoms with E-state index in [-0.39, 0.29) is 15.7 Å². The van der Waals surface area contributed by atoms with E-state index in [0.717, 1.165) is 11.3 Å². The number of carbonyl (C=O) groups is 1. The van der Waals surface area contributed by atoms with Crippen LogP contribution in [0.2, 0.25) is 0 Å². The first-order chi connectivity index (χ1) is 11.9. The molecule has 9 heteroatoms. The van der Waals surface area contributed by atoms with Crippen LogP contribution in [0.15, 0.2) is 64.9 Å². The molecule has 3 rings (SSSR count). The Labute approximate surface area is 147 Å². The van der Waals surface area contributed by atoms with E-state index in [1.807, 2.05) is 0 Å². The van der Waals surface area contributed by atoms with Gasteiger partial charge >= 0.3 is 0 Å². The number of thiazole rings is 1. The van der Waals surface area contributed by atoms with Gasteiger partial charge in [-0.3, -0.25) is 9.52 Å². The Morgan fingerprint density at radius 2 is 1.72 bits per heavy atom. The first kappa shape index (κ1) is 17.1. The number of rotatable bonds is 5. The average Bonchev–Trinajstić information content (AvgIpc) is 3.06. The number of nitrogens with zero attached hydrogens (tertiary/aromatic N) is 1. The lowest BCUT2D eigenvalue weighted by molar-refractivity contribution is 0.102. The van der Waals surface area contributed by atoms with Gasteiger partial charge in [0.2, 0.25) is 0 Å².